The van der Waals surface area contributed by atoms with Gasteiger partial charge >= 0.3 is 0 Å². The maximum Gasteiger partial charge on any atom is 0.255 e. The predicted octanol–water partition coefficient (Wildman–Crippen LogP) is 2.35. The third-order valence-corrected chi connectivity index (χ3v) is 5.17. The van der Waals surface area contributed by atoms with Crippen molar-refractivity contribution in [2.45, 2.75) is 13.8 Å². The van der Waals surface area contributed by atoms with E-state index in [4.69, 9.17) is 0 Å². The molecular formula is C17H23N5OS. The Kier molecular flexibility index (Phi) is 5.30. The molecule has 0 aliphatic carbocycles. The summed E-state index contributed by atoms with van der Waals surface area (Å²) in [6, 6.07) is 3.82. The Morgan fingerprint density at radius 2 is 1.92 bits per heavy atom. The van der Waals surface area contributed by atoms with E-state index in [0.29, 0.717) is 5.56 Å². The number of hydrogen-bond donors (Lipinski definition) is 0. The first-order valence-corrected chi connectivity index (χ1v) is 9.25. The van der Waals surface area contributed by atoms with Gasteiger partial charge in [0.1, 0.15) is 5.82 Å². The number of amides is 1. The highest BCUT2D eigenvalue weighted by atomic mass is 32.1. The van der Waals surface area contributed by atoms with E-state index in [1.807, 2.05) is 28.6 Å². The number of nitrogens with zero attached hydrogens (tertiary/aromatic N) is 5. The second-order valence-electron chi connectivity index (χ2n) is 5.67. The topological polar surface area (TPSA) is 52.6 Å². The van der Waals surface area contributed by atoms with Gasteiger partial charge in [-0.3, -0.25) is 4.79 Å². The van der Waals surface area contributed by atoms with Crippen LogP contribution in [0.3, 0.4) is 0 Å². The normalized spacial score (nSPS) is 14.8. The van der Waals surface area contributed by atoms with E-state index in [-0.39, 0.29) is 5.91 Å². The summed E-state index contributed by atoms with van der Waals surface area (Å²) in [6.07, 6.45) is 3.52. The average molecular weight is 345 g/mol. The molecule has 1 amide bonds. The average Bonchev–Trinajstić information content (AvgIpc) is 3.18. The molecule has 1 aliphatic heterocycles. The molecule has 0 atom stereocenters. The van der Waals surface area contributed by atoms with Crippen molar-refractivity contribution < 1.29 is 4.79 Å². The number of carbonyl (C=O) groups excluding carboxylic acids is 1. The highest BCUT2D eigenvalue weighted by Gasteiger charge is 2.23. The molecule has 1 saturated heterocycles. The van der Waals surface area contributed by atoms with Gasteiger partial charge < -0.3 is 14.7 Å². The number of aromatic nitrogens is 2. The van der Waals surface area contributed by atoms with Gasteiger partial charge in [-0.15, -0.1) is 11.3 Å². The molecule has 2 aromatic rings. The monoisotopic (exact) mass is 345 g/mol. The minimum absolute atomic E-state index is 0.0624. The fourth-order valence-electron chi connectivity index (χ4n) is 2.90. The van der Waals surface area contributed by atoms with Crippen molar-refractivity contribution in [3.05, 3.63) is 35.5 Å². The fraction of sp³-hybridized carbons (Fsp3) is 0.471. The Morgan fingerprint density at radius 3 is 2.46 bits per heavy atom. The highest BCUT2D eigenvalue weighted by Crippen LogP contribution is 2.20. The third-order valence-electron chi connectivity index (χ3n) is 4.34. The lowest BCUT2D eigenvalue weighted by Gasteiger charge is -2.34. The zero-order chi connectivity index (χ0) is 16.9. The largest absolute Gasteiger partial charge is 0.357 e. The van der Waals surface area contributed by atoms with Crippen molar-refractivity contribution in [3.63, 3.8) is 0 Å². The second-order valence-corrected chi connectivity index (χ2v) is 6.54. The Hall–Kier alpha value is -2.15. The number of hydrogen-bond acceptors (Lipinski definition) is 6. The molecule has 1 fully saturated rings. The van der Waals surface area contributed by atoms with Crippen LogP contribution in [0.15, 0.2) is 29.9 Å². The van der Waals surface area contributed by atoms with Gasteiger partial charge in [-0.1, -0.05) is 0 Å². The van der Waals surface area contributed by atoms with Crippen LogP contribution < -0.4 is 9.80 Å². The van der Waals surface area contributed by atoms with Crippen LogP contribution in [0.1, 0.15) is 24.2 Å². The van der Waals surface area contributed by atoms with Gasteiger partial charge in [0.05, 0.1) is 5.56 Å². The summed E-state index contributed by atoms with van der Waals surface area (Å²) < 4.78 is 0. The van der Waals surface area contributed by atoms with E-state index >= 15 is 0 Å². The maximum atomic E-state index is 12.7. The van der Waals surface area contributed by atoms with E-state index in [1.54, 1.807) is 17.5 Å². The van der Waals surface area contributed by atoms with Gasteiger partial charge in [0.15, 0.2) is 5.13 Å². The highest BCUT2D eigenvalue weighted by molar-refractivity contribution is 7.13. The number of pyridine rings is 1. The Bertz CT molecular complexity index is 646. The molecule has 2 aromatic heterocycles. The van der Waals surface area contributed by atoms with Gasteiger partial charge in [0.2, 0.25) is 0 Å². The third kappa shape index (κ3) is 3.51. The Morgan fingerprint density at radius 1 is 1.17 bits per heavy atom. The maximum absolute atomic E-state index is 12.7. The molecule has 0 aromatic carbocycles. The SMILES string of the molecule is CCN(CC)c1ccc(C(=O)N2CCN(c3nccs3)CC2)cn1. The van der Waals surface area contributed by atoms with E-state index < -0.39 is 0 Å². The predicted molar refractivity (Wildman–Crippen MR) is 98.0 cm³/mol. The summed E-state index contributed by atoms with van der Waals surface area (Å²) in [4.78, 5) is 27.7. The molecule has 1 aliphatic rings. The summed E-state index contributed by atoms with van der Waals surface area (Å²) in [5.41, 5.74) is 0.661. The molecule has 0 saturated carbocycles. The van der Waals surface area contributed by atoms with Crippen LogP contribution in [0, 0.1) is 0 Å². The first kappa shape index (κ1) is 16.7. The summed E-state index contributed by atoms with van der Waals surface area (Å²) >= 11 is 1.64. The summed E-state index contributed by atoms with van der Waals surface area (Å²) in [5, 5.41) is 3.02. The number of rotatable bonds is 5. The number of piperazine rings is 1. The summed E-state index contributed by atoms with van der Waals surface area (Å²) in [6.45, 7) is 9.12. The van der Waals surface area contributed by atoms with E-state index in [2.05, 4.69) is 33.6 Å². The fourth-order valence-corrected chi connectivity index (χ4v) is 3.60. The lowest BCUT2D eigenvalue weighted by atomic mass is 10.2. The number of carbonyl (C=O) groups is 1. The van der Waals surface area contributed by atoms with Gasteiger partial charge in [0, 0.05) is 57.0 Å². The molecule has 7 heteroatoms. The van der Waals surface area contributed by atoms with E-state index in [1.165, 1.54) is 0 Å². The number of thiazole rings is 1. The van der Waals surface area contributed by atoms with Crippen molar-refractivity contribution in [2.24, 2.45) is 0 Å². The molecule has 24 heavy (non-hydrogen) atoms. The van der Waals surface area contributed by atoms with Crippen molar-refractivity contribution in [2.75, 3.05) is 49.1 Å². The molecule has 3 rings (SSSR count). The van der Waals surface area contributed by atoms with Gasteiger partial charge in [-0.05, 0) is 26.0 Å². The minimum Gasteiger partial charge on any atom is -0.357 e. The summed E-state index contributed by atoms with van der Waals surface area (Å²) in [7, 11) is 0. The Labute approximate surface area is 146 Å². The van der Waals surface area contributed by atoms with Gasteiger partial charge in [-0.2, -0.15) is 0 Å². The van der Waals surface area contributed by atoms with Crippen LogP contribution in [-0.4, -0.2) is 60.0 Å². The minimum atomic E-state index is 0.0624. The molecule has 0 bridgehead atoms. The zero-order valence-electron chi connectivity index (χ0n) is 14.2. The molecular weight excluding hydrogens is 322 g/mol. The smallest absolute Gasteiger partial charge is 0.255 e. The van der Waals surface area contributed by atoms with Crippen molar-refractivity contribution >= 4 is 28.2 Å². The molecule has 128 valence electrons. The first-order chi connectivity index (χ1) is 11.7. The van der Waals surface area contributed by atoms with Crippen molar-refractivity contribution in [1.29, 1.82) is 0 Å². The standard InChI is InChI=1S/C17H23N5OS/c1-3-20(4-2)15-6-5-14(13-19-15)16(23)21-8-10-22(11-9-21)17-18-7-12-24-17/h5-7,12-13H,3-4,8-11H2,1-2H3. The molecule has 0 spiro atoms. The van der Waals surface area contributed by atoms with Crippen LogP contribution in [0.4, 0.5) is 10.9 Å². The molecule has 6 nitrogen and oxygen atoms in total. The molecule has 0 unspecified atom stereocenters. The number of anilines is 2. The van der Waals surface area contributed by atoms with Gasteiger partial charge in [-0.25, -0.2) is 9.97 Å². The Balaban J connectivity index is 1.61. The molecule has 3 heterocycles. The van der Waals surface area contributed by atoms with Crippen molar-refractivity contribution in [1.82, 2.24) is 14.9 Å². The lowest BCUT2D eigenvalue weighted by molar-refractivity contribution is 0.0746. The van der Waals surface area contributed by atoms with E-state index in [9.17, 15) is 4.79 Å². The van der Waals surface area contributed by atoms with Crippen LogP contribution in [0.5, 0.6) is 0 Å². The quantitative estimate of drug-likeness (QED) is 0.833. The zero-order valence-corrected chi connectivity index (χ0v) is 15.0. The van der Waals surface area contributed by atoms with Crippen LogP contribution >= 0.6 is 11.3 Å². The second kappa shape index (κ2) is 7.61. The van der Waals surface area contributed by atoms with Crippen LogP contribution in [0.2, 0.25) is 0 Å². The summed E-state index contributed by atoms with van der Waals surface area (Å²) in [5.74, 6) is 0.984. The van der Waals surface area contributed by atoms with Gasteiger partial charge in [0.25, 0.3) is 5.91 Å². The first-order valence-electron chi connectivity index (χ1n) is 8.37. The molecule has 0 radical (unpaired) electrons. The van der Waals surface area contributed by atoms with E-state index in [0.717, 1.165) is 50.2 Å². The van der Waals surface area contributed by atoms with Crippen LogP contribution in [0.25, 0.3) is 0 Å². The van der Waals surface area contributed by atoms with Crippen molar-refractivity contribution in [3.8, 4) is 0 Å². The van der Waals surface area contributed by atoms with Crippen LogP contribution in [-0.2, 0) is 0 Å². The molecule has 0 N–H and O–H groups in total. The lowest BCUT2D eigenvalue weighted by Crippen LogP contribution is -2.48.